The minimum atomic E-state index is -4.48. The van der Waals surface area contributed by atoms with Gasteiger partial charge in [-0.2, -0.15) is 13.2 Å². The molecule has 0 bridgehead atoms. The fourth-order valence-electron chi connectivity index (χ4n) is 4.69. The number of fused-ring (bicyclic) bond motifs is 1. The van der Waals surface area contributed by atoms with Crippen LogP contribution in [0.1, 0.15) is 64.9 Å². The fourth-order valence-corrected chi connectivity index (χ4v) is 4.69. The smallest absolute Gasteiger partial charge is 0.358 e. The topological polar surface area (TPSA) is 54.0 Å². The quantitative estimate of drug-likeness (QED) is 0.381. The molecule has 0 spiro atoms. The second kappa shape index (κ2) is 11.2. The van der Waals surface area contributed by atoms with Gasteiger partial charge in [-0.3, -0.25) is 15.1 Å². The second-order valence-electron chi connectivity index (χ2n) is 9.14. The van der Waals surface area contributed by atoms with Crippen LogP contribution in [0.5, 0.6) is 0 Å². The van der Waals surface area contributed by atoms with Crippen LogP contribution in [-0.2, 0) is 30.2 Å². The first kappa shape index (κ1) is 25.8. The first-order valence-corrected chi connectivity index (χ1v) is 12.1. The minimum absolute atomic E-state index is 0.263. The van der Waals surface area contributed by atoms with Crippen molar-refractivity contribution in [2.24, 2.45) is 0 Å². The number of nitrogens with one attached hydrogen (secondary N) is 2. The van der Waals surface area contributed by atoms with E-state index in [1.54, 1.807) is 19.2 Å². The van der Waals surface area contributed by atoms with Crippen LogP contribution in [0.2, 0.25) is 0 Å². The van der Waals surface area contributed by atoms with Crippen LogP contribution in [0.4, 0.5) is 17.6 Å². The van der Waals surface area contributed by atoms with Gasteiger partial charge in [0.05, 0.1) is 0 Å². The summed E-state index contributed by atoms with van der Waals surface area (Å²) >= 11 is 0. The Labute approximate surface area is 208 Å². The lowest BCUT2D eigenvalue weighted by Gasteiger charge is -2.27. The molecular weight excluding hydrogens is 470 g/mol. The van der Waals surface area contributed by atoms with E-state index in [9.17, 15) is 22.4 Å². The predicted octanol–water partition coefficient (Wildman–Crippen LogP) is 5.87. The molecule has 1 aromatic heterocycles. The second-order valence-corrected chi connectivity index (χ2v) is 9.14. The maximum absolute atomic E-state index is 13.5. The molecule has 0 saturated carbocycles. The fraction of sp³-hybridized carbons (Fsp3) is 0.357. The number of nitrogens with zero attached hydrogens (tertiary/aromatic N) is 1. The van der Waals surface area contributed by atoms with E-state index in [1.807, 2.05) is 0 Å². The summed E-state index contributed by atoms with van der Waals surface area (Å²) in [7, 11) is 1.54. The molecule has 0 fully saturated rings. The van der Waals surface area contributed by atoms with Gasteiger partial charge in [0, 0.05) is 19.3 Å². The highest BCUT2D eigenvalue weighted by molar-refractivity contribution is 5.83. The predicted molar refractivity (Wildman–Crippen MR) is 130 cm³/mol. The van der Waals surface area contributed by atoms with E-state index >= 15 is 0 Å². The molecule has 1 amide bonds. The van der Waals surface area contributed by atoms with Gasteiger partial charge in [-0.05, 0) is 84.5 Å². The molecule has 4 rings (SSSR count). The normalized spacial score (nSPS) is 15.1. The van der Waals surface area contributed by atoms with Crippen LogP contribution in [0.15, 0.2) is 60.8 Å². The molecule has 0 unspecified atom stereocenters. The molecule has 190 valence electrons. The van der Waals surface area contributed by atoms with Crippen molar-refractivity contribution in [3.8, 4) is 0 Å². The zero-order valence-electron chi connectivity index (χ0n) is 20.0. The van der Waals surface area contributed by atoms with Crippen LogP contribution in [0, 0.1) is 5.82 Å². The van der Waals surface area contributed by atoms with E-state index in [-0.39, 0.29) is 11.9 Å². The number of hydrogen-bond donors (Lipinski definition) is 2. The Hall–Kier alpha value is -3.26. The third kappa shape index (κ3) is 6.29. The molecular formula is C28H29F4N3O. The Bertz CT molecular complexity index is 1180. The number of halogens is 4. The SMILES string of the molecule is CNC(=O)[C@@H](N[C@H](CCc1ccc(C(F)(F)F)nc1)c1ccc2c(c1)CCCC2)c1ccc(F)cc1. The molecule has 0 radical (unpaired) electrons. The van der Waals surface area contributed by atoms with Gasteiger partial charge in [-0.15, -0.1) is 0 Å². The van der Waals surface area contributed by atoms with Gasteiger partial charge in [0.25, 0.3) is 0 Å². The van der Waals surface area contributed by atoms with E-state index in [1.165, 1.54) is 35.5 Å². The summed E-state index contributed by atoms with van der Waals surface area (Å²) in [5.74, 6) is -0.656. The third-order valence-corrected chi connectivity index (χ3v) is 6.69. The Balaban J connectivity index is 1.61. The van der Waals surface area contributed by atoms with E-state index in [0.29, 0.717) is 24.0 Å². The monoisotopic (exact) mass is 499 g/mol. The summed E-state index contributed by atoms with van der Waals surface area (Å²) in [6.45, 7) is 0. The average molecular weight is 500 g/mol. The summed E-state index contributed by atoms with van der Waals surface area (Å²) in [5, 5.41) is 6.10. The van der Waals surface area contributed by atoms with Crippen molar-refractivity contribution in [1.82, 2.24) is 15.6 Å². The summed E-state index contributed by atoms with van der Waals surface area (Å²) in [5.41, 5.74) is 4.00. The Morgan fingerprint density at radius 3 is 2.31 bits per heavy atom. The van der Waals surface area contributed by atoms with Gasteiger partial charge in [-0.1, -0.05) is 36.4 Å². The molecule has 4 nitrogen and oxygen atoms in total. The highest BCUT2D eigenvalue weighted by atomic mass is 19.4. The molecule has 0 saturated heterocycles. The van der Waals surface area contributed by atoms with Crippen molar-refractivity contribution < 1.29 is 22.4 Å². The van der Waals surface area contributed by atoms with Crippen LogP contribution in [-0.4, -0.2) is 17.9 Å². The van der Waals surface area contributed by atoms with Crippen molar-refractivity contribution in [2.45, 2.75) is 56.8 Å². The van der Waals surface area contributed by atoms with Gasteiger partial charge in [-0.25, -0.2) is 4.39 Å². The number of aromatic nitrogens is 1. The largest absolute Gasteiger partial charge is 0.433 e. The van der Waals surface area contributed by atoms with Crippen LogP contribution in [0.25, 0.3) is 0 Å². The lowest BCUT2D eigenvalue weighted by atomic mass is 9.88. The highest BCUT2D eigenvalue weighted by Crippen LogP contribution is 2.30. The van der Waals surface area contributed by atoms with Gasteiger partial charge >= 0.3 is 6.18 Å². The van der Waals surface area contributed by atoms with Gasteiger partial charge < -0.3 is 5.32 Å². The third-order valence-electron chi connectivity index (χ3n) is 6.69. The van der Waals surface area contributed by atoms with Gasteiger partial charge in [0.15, 0.2) is 0 Å². The number of pyridine rings is 1. The van der Waals surface area contributed by atoms with Gasteiger partial charge in [0.1, 0.15) is 17.6 Å². The Morgan fingerprint density at radius 1 is 0.972 bits per heavy atom. The van der Waals surface area contributed by atoms with E-state index in [4.69, 9.17) is 0 Å². The molecule has 1 aliphatic rings. The maximum atomic E-state index is 13.5. The van der Waals surface area contributed by atoms with Crippen LogP contribution in [0.3, 0.4) is 0 Å². The molecule has 3 aromatic rings. The van der Waals surface area contributed by atoms with Crippen molar-refractivity contribution in [1.29, 1.82) is 0 Å². The number of likely N-dealkylation sites (N-methyl/N-ethyl adjacent to an activating group) is 1. The minimum Gasteiger partial charge on any atom is -0.358 e. The molecule has 2 N–H and O–H groups in total. The first-order chi connectivity index (χ1) is 17.2. The van der Waals surface area contributed by atoms with Crippen molar-refractivity contribution in [3.05, 3.63) is 100 Å². The maximum Gasteiger partial charge on any atom is 0.433 e. The Morgan fingerprint density at radius 2 is 1.67 bits per heavy atom. The standard InChI is InChI=1S/C28H29F4N3O/c1-33-27(36)26(20-10-12-23(29)13-11-20)35-24(22-9-8-19-4-2-3-5-21(19)16-22)14-6-18-7-15-25(34-17-18)28(30,31)32/h7-13,15-17,24,26,35H,2-6,14H2,1H3,(H,33,36)/t24-,26+/m1/s1. The first-order valence-electron chi connectivity index (χ1n) is 12.1. The van der Waals surface area contributed by atoms with E-state index in [2.05, 4.69) is 33.8 Å². The number of carbonyl (C=O) groups excluding carboxylic acids is 1. The number of aryl methyl sites for hydroxylation is 3. The molecule has 1 heterocycles. The molecule has 0 aliphatic heterocycles. The summed E-state index contributed by atoms with van der Waals surface area (Å²) in [6.07, 6.45) is 2.09. The number of rotatable bonds is 8. The Kier molecular flexibility index (Phi) is 8.04. The molecule has 36 heavy (non-hydrogen) atoms. The molecule has 1 aliphatic carbocycles. The van der Waals surface area contributed by atoms with Crippen LogP contribution < -0.4 is 10.6 Å². The van der Waals surface area contributed by atoms with Gasteiger partial charge in [0.2, 0.25) is 5.91 Å². The average Bonchev–Trinajstić information content (AvgIpc) is 2.88. The lowest BCUT2D eigenvalue weighted by molar-refractivity contribution is -0.141. The molecule has 2 atom stereocenters. The molecule has 2 aromatic carbocycles. The highest BCUT2D eigenvalue weighted by Gasteiger charge is 2.32. The summed E-state index contributed by atoms with van der Waals surface area (Å²) in [6, 6.07) is 13.6. The number of benzene rings is 2. The number of hydrogen-bond acceptors (Lipinski definition) is 3. The van der Waals surface area contributed by atoms with Crippen molar-refractivity contribution in [2.75, 3.05) is 7.05 Å². The van der Waals surface area contributed by atoms with Crippen molar-refractivity contribution >= 4 is 5.91 Å². The molecule has 8 heteroatoms. The number of amides is 1. The lowest BCUT2D eigenvalue weighted by Crippen LogP contribution is -2.38. The summed E-state index contributed by atoms with van der Waals surface area (Å²) in [4.78, 5) is 16.4. The van der Waals surface area contributed by atoms with Crippen molar-refractivity contribution in [3.63, 3.8) is 0 Å². The summed E-state index contributed by atoms with van der Waals surface area (Å²) < 4.78 is 52.2. The number of alkyl halides is 3. The zero-order chi connectivity index (χ0) is 25.7. The van der Waals surface area contributed by atoms with E-state index < -0.39 is 23.7 Å². The number of carbonyl (C=O) groups is 1. The van der Waals surface area contributed by atoms with E-state index in [0.717, 1.165) is 37.3 Å². The zero-order valence-corrected chi connectivity index (χ0v) is 20.0. The van der Waals surface area contributed by atoms with Crippen LogP contribution >= 0.6 is 0 Å².